The highest BCUT2D eigenvalue weighted by molar-refractivity contribution is 7.89. The lowest BCUT2D eigenvalue weighted by Gasteiger charge is -2.10. The Balaban J connectivity index is 2.03. The molecule has 1 aromatic carbocycles. The third kappa shape index (κ3) is 3.86. The van der Waals surface area contributed by atoms with Crippen molar-refractivity contribution < 1.29 is 8.42 Å². The molecule has 0 saturated heterocycles. The average Bonchev–Trinajstić information content (AvgIpc) is 2.93. The Hall–Kier alpha value is -1.79. The first-order valence-corrected chi connectivity index (χ1v) is 8.52. The van der Waals surface area contributed by atoms with Crippen LogP contribution in [0.1, 0.15) is 19.5 Å². The maximum atomic E-state index is 11.8. The molecule has 0 spiro atoms. The molecule has 0 unspecified atom stereocenters. The highest BCUT2D eigenvalue weighted by Crippen LogP contribution is 2.15. The Kier molecular flexibility index (Phi) is 5.03. The SMILES string of the molecule is CCNS(=O)(=O)c1ccc(NCc2cccn2CC)cc1. The standard InChI is InChI=1S/C15H21N3O2S/c1-3-17-21(19,20)15-9-7-13(8-10-15)16-12-14-6-5-11-18(14)4-2/h5-11,16-17H,3-4,12H2,1-2H3. The summed E-state index contributed by atoms with van der Waals surface area (Å²) in [7, 11) is -3.38. The minimum Gasteiger partial charge on any atom is -0.379 e. The number of aryl methyl sites for hydroxylation is 1. The molecule has 2 rings (SSSR count). The molecule has 0 radical (unpaired) electrons. The van der Waals surface area contributed by atoms with Gasteiger partial charge in [0.1, 0.15) is 0 Å². The predicted octanol–water partition coefficient (Wildman–Crippen LogP) is 2.42. The van der Waals surface area contributed by atoms with Crippen LogP contribution >= 0.6 is 0 Å². The van der Waals surface area contributed by atoms with Crippen molar-refractivity contribution in [2.24, 2.45) is 0 Å². The molecule has 0 fully saturated rings. The van der Waals surface area contributed by atoms with E-state index in [0.717, 1.165) is 12.2 Å². The predicted molar refractivity (Wildman–Crippen MR) is 84.7 cm³/mol. The molecule has 2 N–H and O–H groups in total. The summed E-state index contributed by atoms with van der Waals surface area (Å²) in [6, 6.07) is 10.9. The van der Waals surface area contributed by atoms with E-state index in [-0.39, 0.29) is 4.90 Å². The van der Waals surface area contributed by atoms with Crippen molar-refractivity contribution in [3.8, 4) is 0 Å². The molecule has 0 saturated carbocycles. The van der Waals surface area contributed by atoms with E-state index in [1.54, 1.807) is 31.2 Å². The number of nitrogens with one attached hydrogen (secondary N) is 2. The second-order valence-electron chi connectivity index (χ2n) is 4.66. The van der Waals surface area contributed by atoms with E-state index in [1.807, 2.05) is 12.3 Å². The third-order valence-electron chi connectivity index (χ3n) is 3.24. The maximum Gasteiger partial charge on any atom is 0.240 e. The summed E-state index contributed by atoms with van der Waals surface area (Å²) >= 11 is 0. The van der Waals surface area contributed by atoms with Crippen LogP contribution in [0.15, 0.2) is 47.5 Å². The Labute approximate surface area is 126 Å². The van der Waals surface area contributed by atoms with Crippen LogP contribution in [0, 0.1) is 0 Å². The van der Waals surface area contributed by atoms with Crippen LogP contribution in [-0.4, -0.2) is 19.5 Å². The lowest BCUT2D eigenvalue weighted by molar-refractivity contribution is 0.584. The molecule has 0 amide bonds. The van der Waals surface area contributed by atoms with E-state index in [0.29, 0.717) is 13.1 Å². The minimum atomic E-state index is -3.38. The molecule has 114 valence electrons. The fourth-order valence-corrected chi connectivity index (χ4v) is 3.18. The lowest BCUT2D eigenvalue weighted by Crippen LogP contribution is -2.23. The summed E-state index contributed by atoms with van der Waals surface area (Å²) in [5.41, 5.74) is 2.09. The van der Waals surface area contributed by atoms with Crippen molar-refractivity contribution in [1.29, 1.82) is 0 Å². The molecule has 0 atom stereocenters. The number of benzene rings is 1. The van der Waals surface area contributed by atoms with Crippen molar-refractivity contribution in [2.45, 2.75) is 31.8 Å². The molecule has 1 heterocycles. The van der Waals surface area contributed by atoms with Gasteiger partial charge in [0.15, 0.2) is 0 Å². The molecule has 6 heteroatoms. The van der Waals surface area contributed by atoms with Crippen LogP contribution in [0.25, 0.3) is 0 Å². The van der Waals surface area contributed by atoms with Crippen LogP contribution in [0.2, 0.25) is 0 Å². The van der Waals surface area contributed by atoms with E-state index in [1.165, 1.54) is 5.69 Å². The van der Waals surface area contributed by atoms with Gasteiger partial charge < -0.3 is 9.88 Å². The maximum absolute atomic E-state index is 11.8. The molecular weight excluding hydrogens is 286 g/mol. The number of rotatable bonds is 7. The normalized spacial score (nSPS) is 11.5. The van der Waals surface area contributed by atoms with Gasteiger partial charge in [0, 0.05) is 30.7 Å². The number of aromatic nitrogens is 1. The summed E-state index contributed by atoms with van der Waals surface area (Å²) in [5, 5.41) is 3.30. The topological polar surface area (TPSA) is 63.1 Å². The molecule has 0 aliphatic carbocycles. The van der Waals surface area contributed by atoms with E-state index in [9.17, 15) is 8.42 Å². The van der Waals surface area contributed by atoms with Gasteiger partial charge in [0.05, 0.1) is 11.4 Å². The van der Waals surface area contributed by atoms with Crippen LogP contribution in [0.4, 0.5) is 5.69 Å². The Morgan fingerprint density at radius 2 is 1.81 bits per heavy atom. The first-order chi connectivity index (χ1) is 10.1. The quantitative estimate of drug-likeness (QED) is 0.826. The zero-order valence-electron chi connectivity index (χ0n) is 12.3. The molecule has 0 aliphatic heterocycles. The molecule has 0 aliphatic rings. The highest BCUT2D eigenvalue weighted by atomic mass is 32.2. The summed E-state index contributed by atoms with van der Waals surface area (Å²) in [6.07, 6.45) is 2.04. The first-order valence-electron chi connectivity index (χ1n) is 7.04. The molecule has 5 nitrogen and oxygen atoms in total. The Morgan fingerprint density at radius 1 is 1.10 bits per heavy atom. The van der Waals surface area contributed by atoms with Crippen molar-refractivity contribution in [2.75, 3.05) is 11.9 Å². The van der Waals surface area contributed by atoms with Gasteiger partial charge in [0.2, 0.25) is 10.0 Å². The number of hydrogen-bond donors (Lipinski definition) is 2. The monoisotopic (exact) mass is 307 g/mol. The number of nitrogens with zero attached hydrogens (tertiary/aromatic N) is 1. The van der Waals surface area contributed by atoms with E-state index < -0.39 is 10.0 Å². The highest BCUT2D eigenvalue weighted by Gasteiger charge is 2.11. The first kappa shape index (κ1) is 15.6. The van der Waals surface area contributed by atoms with Crippen molar-refractivity contribution in [3.63, 3.8) is 0 Å². The molecule has 2 aromatic rings. The van der Waals surface area contributed by atoms with E-state index >= 15 is 0 Å². The second-order valence-corrected chi connectivity index (χ2v) is 6.43. The van der Waals surface area contributed by atoms with Gasteiger partial charge >= 0.3 is 0 Å². The fraction of sp³-hybridized carbons (Fsp3) is 0.333. The van der Waals surface area contributed by atoms with Crippen molar-refractivity contribution in [1.82, 2.24) is 9.29 Å². The van der Waals surface area contributed by atoms with Gasteiger partial charge in [-0.15, -0.1) is 0 Å². The summed E-state index contributed by atoms with van der Waals surface area (Å²) < 4.78 is 28.3. The van der Waals surface area contributed by atoms with Crippen LogP contribution < -0.4 is 10.0 Å². The fourth-order valence-electron chi connectivity index (χ4n) is 2.14. The van der Waals surface area contributed by atoms with Gasteiger partial charge in [-0.25, -0.2) is 13.1 Å². The number of sulfonamides is 1. The Bertz CT molecular complexity index is 675. The third-order valence-corrected chi connectivity index (χ3v) is 4.80. The minimum absolute atomic E-state index is 0.284. The van der Waals surface area contributed by atoms with Gasteiger partial charge in [0.25, 0.3) is 0 Å². The second kappa shape index (κ2) is 6.78. The average molecular weight is 307 g/mol. The summed E-state index contributed by atoms with van der Waals surface area (Å²) in [5.74, 6) is 0. The van der Waals surface area contributed by atoms with Gasteiger partial charge in [-0.05, 0) is 43.3 Å². The zero-order valence-corrected chi connectivity index (χ0v) is 13.2. The van der Waals surface area contributed by atoms with Gasteiger partial charge in [-0.1, -0.05) is 6.92 Å². The van der Waals surface area contributed by atoms with Gasteiger partial charge in [-0.2, -0.15) is 0 Å². The van der Waals surface area contributed by atoms with Crippen molar-refractivity contribution >= 4 is 15.7 Å². The summed E-state index contributed by atoms with van der Waals surface area (Å²) in [4.78, 5) is 0.284. The van der Waals surface area contributed by atoms with Crippen LogP contribution in [0.5, 0.6) is 0 Å². The number of anilines is 1. The molecule has 1 aromatic heterocycles. The largest absolute Gasteiger partial charge is 0.379 e. The number of hydrogen-bond acceptors (Lipinski definition) is 3. The van der Waals surface area contributed by atoms with Crippen LogP contribution in [0.3, 0.4) is 0 Å². The zero-order chi connectivity index (χ0) is 15.3. The smallest absolute Gasteiger partial charge is 0.240 e. The van der Waals surface area contributed by atoms with Crippen LogP contribution in [-0.2, 0) is 23.1 Å². The molecular formula is C15H21N3O2S. The van der Waals surface area contributed by atoms with Crippen molar-refractivity contribution in [3.05, 3.63) is 48.3 Å². The Morgan fingerprint density at radius 3 is 2.43 bits per heavy atom. The van der Waals surface area contributed by atoms with Gasteiger partial charge in [-0.3, -0.25) is 0 Å². The molecule has 0 bridgehead atoms. The summed E-state index contributed by atoms with van der Waals surface area (Å²) in [6.45, 7) is 5.89. The van der Waals surface area contributed by atoms with E-state index in [4.69, 9.17) is 0 Å². The molecule has 21 heavy (non-hydrogen) atoms. The van der Waals surface area contributed by atoms with E-state index in [2.05, 4.69) is 27.6 Å². The lowest BCUT2D eigenvalue weighted by atomic mass is 10.3.